The van der Waals surface area contributed by atoms with Crippen LogP contribution in [0.1, 0.15) is 23.3 Å². The Kier molecular flexibility index (Phi) is 4.79. The number of anilines is 1. The molecular weight excluding hydrogens is 292 g/mol. The molecule has 0 radical (unpaired) electrons. The highest BCUT2D eigenvalue weighted by Gasteiger charge is 2.25. The number of nitrogens with one attached hydrogen (secondary N) is 1. The van der Waals surface area contributed by atoms with Gasteiger partial charge in [0, 0.05) is 19.6 Å². The van der Waals surface area contributed by atoms with Crippen LogP contribution in [0, 0.1) is 5.92 Å². The lowest BCUT2D eigenvalue weighted by Gasteiger charge is -2.32. The first-order valence-electron chi connectivity index (χ1n) is 6.80. The van der Waals surface area contributed by atoms with Gasteiger partial charge in [-0.15, -0.1) is 0 Å². The van der Waals surface area contributed by atoms with Crippen LogP contribution in [0.25, 0.3) is 0 Å². The summed E-state index contributed by atoms with van der Waals surface area (Å²) in [7, 11) is -3.20. The molecule has 1 aromatic heterocycles. The Morgan fingerprint density at radius 1 is 1.52 bits per heavy atom. The zero-order valence-electron chi connectivity index (χ0n) is 11.9. The number of rotatable bonds is 4. The molecule has 2 heterocycles. The van der Waals surface area contributed by atoms with Gasteiger partial charge < -0.3 is 10.6 Å². The third-order valence-corrected chi connectivity index (χ3v) is 4.14. The van der Waals surface area contributed by atoms with Gasteiger partial charge in [-0.1, -0.05) is 0 Å². The molecule has 21 heavy (non-hydrogen) atoms. The Balaban J connectivity index is 1.97. The van der Waals surface area contributed by atoms with Crippen molar-refractivity contribution in [1.29, 1.82) is 0 Å². The van der Waals surface area contributed by atoms with Gasteiger partial charge in [0.2, 0.25) is 10.0 Å². The number of hydrogen-bond donors (Lipinski definition) is 2. The van der Waals surface area contributed by atoms with Crippen molar-refractivity contribution in [3.8, 4) is 0 Å². The van der Waals surface area contributed by atoms with Gasteiger partial charge in [-0.2, -0.15) is 0 Å². The Hall–Kier alpha value is -1.67. The molecule has 1 saturated heterocycles. The number of aromatic nitrogens is 1. The van der Waals surface area contributed by atoms with Crippen LogP contribution >= 0.6 is 0 Å². The van der Waals surface area contributed by atoms with E-state index in [2.05, 4.69) is 9.71 Å². The molecule has 3 N–H and O–H groups in total. The predicted molar refractivity (Wildman–Crippen MR) is 80.1 cm³/mol. The van der Waals surface area contributed by atoms with Crippen molar-refractivity contribution < 1.29 is 13.2 Å². The van der Waals surface area contributed by atoms with Crippen LogP contribution < -0.4 is 10.5 Å². The Morgan fingerprint density at radius 3 is 2.90 bits per heavy atom. The molecular formula is C13H20N4O3S. The van der Waals surface area contributed by atoms with Gasteiger partial charge in [0.05, 0.1) is 18.1 Å². The zero-order valence-corrected chi connectivity index (χ0v) is 12.8. The average Bonchev–Trinajstić information content (AvgIpc) is 2.45. The van der Waals surface area contributed by atoms with Crippen molar-refractivity contribution in [3.05, 3.63) is 24.0 Å². The summed E-state index contributed by atoms with van der Waals surface area (Å²) >= 11 is 0. The minimum atomic E-state index is -3.20. The second-order valence-corrected chi connectivity index (χ2v) is 7.19. The van der Waals surface area contributed by atoms with E-state index >= 15 is 0 Å². The number of hydrogen-bond acceptors (Lipinski definition) is 5. The SMILES string of the molecule is CS(=O)(=O)NCC1CCCN(C(=O)c2ccc(N)cn2)C1. The van der Waals surface area contributed by atoms with E-state index in [1.54, 1.807) is 17.0 Å². The summed E-state index contributed by atoms with van der Waals surface area (Å²) in [4.78, 5) is 18.1. The molecule has 1 unspecified atom stereocenters. The van der Waals surface area contributed by atoms with Crippen molar-refractivity contribution in [2.45, 2.75) is 12.8 Å². The monoisotopic (exact) mass is 312 g/mol. The number of nitrogen functional groups attached to an aromatic ring is 1. The Labute approximate surface area is 124 Å². The molecule has 0 spiro atoms. The number of piperidine rings is 1. The van der Waals surface area contributed by atoms with Gasteiger partial charge in [0.15, 0.2) is 0 Å². The van der Waals surface area contributed by atoms with Gasteiger partial charge in [-0.3, -0.25) is 4.79 Å². The number of nitrogens with zero attached hydrogens (tertiary/aromatic N) is 2. The van der Waals surface area contributed by atoms with Crippen LogP contribution in [-0.4, -0.2) is 50.1 Å². The Morgan fingerprint density at radius 2 is 2.29 bits per heavy atom. The second kappa shape index (κ2) is 6.40. The molecule has 116 valence electrons. The molecule has 1 atom stereocenters. The molecule has 0 saturated carbocycles. The number of sulfonamides is 1. The number of likely N-dealkylation sites (tertiary alicyclic amines) is 1. The summed E-state index contributed by atoms with van der Waals surface area (Å²) < 4.78 is 24.8. The number of carbonyl (C=O) groups is 1. The van der Waals surface area contributed by atoms with Crippen LogP contribution in [0.5, 0.6) is 0 Å². The quantitative estimate of drug-likeness (QED) is 0.818. The number of pyridine rings is 1. The first-order valence-corrected chi connectivity index (χ1v) is 8.70. The lowest BCUT2D eigenvalue weighted by atomic mass is 9.98. The molecule has 7 nitrogen and oxygen atoms in total. The molecule has 1 aromatic rings. The van der Waals surface area contributed by atoms with E-state index in [0.717, 1.165) is 19.1 Å². The normalized spacial score (nSPS) is 19.5. The summed E-state index contributed by atoms with van der Waals surface area (Å²) in [5.74, 6) is -0.00902. The molecule has 0 bridgehead atoms. The molecule has 1 fully saturated rings. The van der Waals surface area contributed by atoms with E-state index in [-0.39, 0.29) is 11.8 Å². The standard InChI is InChI=1S/C13H20N4O3S/c1-21(19,20)16-7-10-3-2-6-17(9-10)13(18)12-5-4-11(14)8-15-12/h4-5,8,10,16H,2-3,6-7,9,14H2,1H3. The third kappa shape index (κ3) is 4.68. The maximum atomic E-state index is 12.3. The van der Waals surface area contributed by atoms with E-state index in [9.17, 15) is 13.2 Å². The van der Waals surface area contributed by atoms with Crippen LogP contribution in [0.4, 0.5) is 5.69 Å². The highest BCUT2D eigenvalue weighted by Crippen LogP contribution is 2.18. The first-order chi connectivity index (χ1) is 9.85. The minimum absolute atomic E-state index is 0.131. The molecule has 0 aliphatic carbocycles. The van der Waals surface area contributed by atoms with E-state index in [4.69, 9.17) is 5.73 Å². The van der Waals surface area contributed by atoms with Crippen molar-refractivity contribution in [1.82, 2.24) is 14.6 Å². The topological polar surface area (TPSA) is 105 Å². The summed E-state index contributed by atoms with van der Waals surface area (Å²) in [5.41, 5.74) is 6.43. The fourth-order valence-corrected chi connectivity index (χ4v) is 2.92. The van der Waals surface area contributed by atoms with Crippen molar-refractivity contribution in [3.63, 3.8) is 0 Å². The van der Waals surface area contributed by atoms with Gasteiger partial charge in [0.25, 0.3) is 5.91 Å². The number of amides is 1. The molecule has 1 aliphatic rings. The lowest BCUT2D eigenvalue weighted by molar-refractivity contribution is 0.0670. The van der Waals surface area contributed by atoms with Crippen molar-refractivity contribution >= 4 is 21.6 Å². The summed E-state index contributed by atoms with van der Waals surface area (Å²) in [6.07, 6.45) is 4.36. The van der Waals surface area contributed by atoms with Crippen molar-refractivity contribution in [2.75, 3.05) is 31.6 Å². The maximum absolute atomic E-state index is 12.3. The fourth-order valence-electron chi connectivity index (χ4n) is 2.38. The Bertz CT molecular complexity index is 600. The predicted octanol–water partition coefficient (Wildman–Crippen LogP) is 0.0652. The molecule has 1 aliphatic heterocycles. The number of nitrogens with two attached hydrogens (primary N) is 1. The summed E-state index contributed by atoms with van der Waals surface area (Å²) in [5, 5.41) is 0. The third-order valence-electron chi connectivity index (χ3n) is 3.45. The second-order valence-electron chi connectivity index (χ2n) is 5.36. The molecule has 8 heteroatoms. The van der Waals surface area contributed by atoms with Crippen LogP contribution in [0.3, 0.4) is 0 Å². The van der Waals surface area contributed by atoms with E-state index in [0.29, 0.717) is 31.0 Å². The van der Waals surface area contributed by atoms with Gasteiger partial charge in [0.1, 0.15) is 5.69 Å². The number of carbonyl (C=O) groups excluding carboxylic acids is 1. The van der Waals surface area contributed by atoms with Crippen LogP contribution in [0.15, 0.2) is 18.3 Å². The average molecular weight is 312 g/mol. The summed E-state index contributed by atoms with van der Waals surface area (Å²) in [6, 6.07) is 3.25. The fraction of sp³-hybridized carbons (Fsp3) is 0.538. The zero-order chi connectivity index (χ0) is 15.5. The smallest absolute Gasteiger partial charge is 0.272 e. The van der Waals surface area contributed by atoms with Crippen molar-refractivity contribution in [2.24, 2.45) is 5.92 Å². The lowest BCUT2D eigenvalue weighted by Crippen LogP contribution is -2.43. The largest absolute Gasteiger partial charge is 0.397 e. The van der Waals surface area contributed by atoms with E-state index in [1.807, 2.05) is 0 Å². The van der Waals surface area contributed by atoms with Crippen LogP contribution in [0.2, 0.25) is 0 Å². The van der Waals surface area contributed by atoms with Gasteiger partial charge in [-0.05, 0) is 30.9 Å². The molecule has 1 amide bonds. The van der Waals surface area contributed by atoms with E-state index < -0.39 is 10.0 Å². The van der Waals surface area contributed by atoms with Gasteiger partial charge >= 0.3 is 0 Å². The molecule has 0 aromatic carbocycles. The minimum Gasteiger partial charge on any atom is -0.397 e. The van der Waals surface area contributed by atoms with E-state index in [1.165, 1.54) is 6.20 Å². The first kappa shape index (κ1) is 15.7. The van der Waals surface area contributed by atoms with Gasteiger partial charge in [-0.25, -0.2) is 18.1 Å². The highest BCUT2D eigenvalue weighted by atomic mass is 32.2. The molecule has 2 rings (SSSR count). The highest BCUT2D eigenvalue weighted by molar-refractivity contribution is 7.88. The van der Waals surface area contributed by atoms with Crippen LogP contribution in [-0.2, 0) is 10.0 Å². The maximum Gasteiger partial charge on any atom is 0.272 e. The summed E-state index contributed by atoms with van der Waals surface area (Å²) in [6.45, 7) is 1.56.